The Hall–Kier alpha value is -1.81. The zero-order valence-electron chi connectivity index (χ0n) is 10.5. The summed E-state index contributed by atoms with van der Waals surface area (Å²) in [5, 5.41) is 16.1. The molecular formula is C11H15N5OS. The molecule has 18 heavy (non-hydrogen) atoms. The van der Waals surface area contributed by atoms with Crippen LogP contribution in [0.15, 0.2) is 16.4 Å². The number of H-pyrrole nitrogens is 1. The highest BCUT2D eigenvalue weighted by atomic mass is 32.2. The minimum atomic E-state index is -0.307. The molecule has 0 radical (unpaired) electrons. The van der Waals surface area contributed by atoms with Gasteiger partial charge in [0.2, 0.25) is 5.16 Å². The molecule has 7 heteroatoms. The van der Waals surface area contributed by atoms with Crippen LogP contribution in [0.4, 0.5) is 0 Å². The average molecular weight is 265 g/mol. The molecule has 1 rings (SSSR count). The third-order valence-electron chi connectivity index (χ3n) is 2.15. The zero-order valence-corrected chi connectivity index (χ0v) is 11.3. The van der Waals surface area contributed by atoms with Crippen molar-refractivity contribution >= 4 is 17.5 Å². The van der Waals surface area contributed by atoms with Crippen molar-refractivity contribution in [3.63, 3.8) is 0 Å². The molecule has 1 aromatic rings. The second-order valence-electron chi connectivity index (χ2n) is 4.04. The first-order chi connectivity index (χ1) is 8.45. The molecule has 1 heterocycles. The van der Waals surface area contributed by atoms with Crippen molar-refractivity contribution in [1.29, 1.82) is 5.26 Å². The highest BCUT2D eigenvalue weighted by Gasteiger charge is 2.14. The lowest BCUT2D eigenvalue weighted by Gasteiger charge is -1.98. The maximum atomic E-state index is 11.7. The molecule has 0 aliphatic rings. The average Bonchev–Trinajstić information content (AvgIpc) is 2.75. The maximum Gasteiger partial charge on any atom is 0.208 e. The van der Waals surface area contributed by atoms with E-state index in [1.807, 2.05) is 13.8 Å². The Bertz CT molecular complexity index is 508. The van der Waals surface area contributed by atoms with Gasteiger partial charge in [0.05, 0.1) is 5.75 Å². The Morgan fingerprint density at radius 3 is 2.72 bits per heavy atom. The van der Waals surface area contributed by atoms with E-state index >= 15 is 0 Å². The van der Waals surface area contributed by atoms with Crippen molar-refractivity contribution in [2.75, 3.05) is 5.75 Å². The fraction of sp³-hybridized carbons (Fsp3) is 0.455. The van der Waals surface area contributed by atoms with E-state index in [-0.39, 0.29) is 28.7 Å². The lowest BCUT2D eigenvalue weighted by molar-refractivity contribution is -0.112. The Kier molecular flexibility index (Phi) is 4.92. The van der Waals surface area contributed by atoms with Gasteiger partial charge >= 0.3 is 0 Å². The molecule has 0 saturated carbocycles. The summed E-state index contributed by atoms with van der Waals surface area (Å²) in [5.41, 5.74) is 5.69. The monoisotopic (exact) mass is 265 g/mol. The molecule has 96 valence electrons. The first-order valence-corrected chi connectivity index (χ1v) is 6.39. The summed E-state index contributed by atoms with van der Waals surface area (Å²) in [4.78, 5) is 15.9. The molecule has 0 saturated heterocycles. The minimum absolute atomic E-state index is 0.00196. The number of carbonyl (C=O) groups excluding carboxylic acids is 1. The highest BCUT2D eigenvalue weighted by Crippen LogP contribution is 2.17. The number of aromatic nitrogens is 3. The summed E-state index contributed by atoms with van der Waals surface area (Å²) in [5.74, 6) is 0.824. The van der Waals surface area contributed by atoms with Gasteiger partial charge in [-0.05, 0) is 6.92 Å². The second-order valence-corrected chi connectivity index (χ2v) is 4.98. The van der Waals surface area contributed by atoms with E-state index in [2.05, 4.69) is 15.2 Å². The third-order valence-corrected chi connectivity index (χ3v) is 2.99. The highest BCUT2D eigenvalue weighted by molar-refractivity contribution is 7.99. The number of carbonyl (C=O) groups is 1. The summed E-state index contributed by atoms with van der Waals surface area (Å²) in [7, 11) is 0. The van der Waals surface area contributed by atoms with E-state index in [0.717, 1.165) is 5.82 Å². The van der Waals surface area contributed by atoms with Crippen LogP contribution in [-0.2, 0) is 4.79 Å². The number of thioether (sulfide) groups is 1. The number of nitrogens with one attached hydrogen (secondary N) is 1. The van der Waals surface area contributed by atoms with E-state index < -0.39 is 0 Å². The molecule has 0 fully saturated rings. The number of rotatable bonds is 5. The molecule has 0 atom stereocenters. The van der Waals surface area contributed by atoms with Crippen molar-refractivity contribution in [3.8, 4) is 6.07 Å². The van der Waals surface area contributed by atoms with Gasteiger partial charge in [0.25, 0.3) is 0 Å². The Balaban J connectivity index is 2.63. The van der Waals surface area contributed by atoms with Crippen LogP contribution in [0, 0.1) is 11.3 Å². The van der Waals surface area contributed by atoms with Gasteiger partial charge in [0, 0.05) is 11.6 Å². The number of nitriles is 1. The van der Waals surface area contributed by atoms with Gasteiger partial charge in [0.15, 0.2) is 5.78 Å². The number of Topliss-reactive ketones (excluding diaryl/α,β-unsaturated/α-hetero) is 1. The Labute approximate surface area is 110 Å². The van der Waals surface area contributed by atoms with Crippen LogP contribution in [0.2, 0.25) is 0 Å². The maximum absolute atomic E-state index is 11.7. The summed E-state index contributed by atoms with van der Waals surface area (Å²) >= 11 is 1.18. The van der Waals surface area contributed by atoms with Crippen LogP contribution in [0.3, 0.4) is 0 Å². The molecule has 0 unspecified atom stereocenters. The predicted molar refractivity (Wildman–Crippen MR) is 68.7 cm³/mol. The zero-order chi connectivity index (χ0) is 13.7. The minimum Gasteiger partial charge on any atom is -0.401 e. The molecular weight excluding hydrogens is 250 g/mol. The van der Waals surface area contributed by atoms with Crippen molar-refractivity contribution in [1.82, 2.24) is 15.2 Å². The van der Waals surface area contributed by atoms with Crippen LogP contribution in [-0.4, -0.2) is 26.7 Å². The van der Waals surface area contributed by atoms with Gasteiger partial charge in [-0.2, -0.15) is 5.26 Å². The molecule has 0 spiro atoms. The number of hydrogen-bond acceptors (Lipinski definition) is 6. The largest absolute Gasteiger partial charge is 0.401 e. The lowest BCUT2D eigenvalue weighted by atomic mass is 10.2. The SMILES string of the molecule is C/C(N)=C(/C#N)C(=O)CSc1n[nH]c(C(C)C)n1. The summed E-state index contributed by atoms with van der Waals surface area (Å²) < 4.78 is 0. The normalized spacial score (nSPS) is 12.2. The molecule has 0 bridgehead atoms. The smallest absolute Gasteiger partial charge is 0.208 e. The Morgan fingerprint density at radius 2 is 2.28 bits per heavy atom. The van der Waals surface area contributed by atoms with Crippen molar-refractivity contribution in [2.45, 2.75) is 31.8 Å². The van der Waals surface area contributed by atoms with Crippen LogP contribution in [0.5, 0.6) is 0 Å². The molecule has 6 nitrogen and oxygen atoms in total. The van der Waals surface area contributed by atoms with E-state index in [0.29, 0.717) is 5.16 Å². The van der Waals surface area contributed by atoms with Gasteiger partial charge in [-0.1, -0.05) is 25.6 Å². The number of nitrogens with zero attached hydrogens (tertiary/aromatic N) is 3. The van der Waals surface area contributed by atoms with Gasteiger partial charge in [-0.25, -0.2) is 4.98 Å². The Morgan fingerprint density at radius 1 is 1.61 bits per heavy atom. The lowest BCUT2D eigenvalue weighted by Crippen LogP contribution is -2.10. The molecule has 3 N–H and O–H groups in total. The number of ketones is 1. The topological polar surface area (TPSA) is 108 Å². The van der Waals surface area contributed by atoms with E-state index in [1.54, 1.807) is 6.07 Å². The second kappa shape index (κ2) is 6.21. The summed E-state index contributed by atoms with van der Waals surface area (Å²) in [6.07, 6.45) is 0. The number of allylic oxidation sites excluding steroid dienone is 2. The van der Waals surface area contributed by atoms with Gasteiger partial charge < -0.3 is 5.73 Å². The van der Waals surface area contributed by atoms with Crippen molar-refractivity contribution in [2.24, 2.45) is 5.73 Å². The molecule has 0 aromatic carbocycles. The van der Waals surface area contributed by atoms with E-state index in [1.165, 1.54) is 18.7 Å². The van der Waals surface area contributed by atoms with E-state index in [9.17, 15) is 4.79 Å². The van der Waals surface area contributed by atoms with Crippen LogP contribution in [0.25, 0.3) is 0 Å². The van der Waals surface area contributed by atoms with Crippen LogP contribution < -0.4 is 5.73 Å². The van der Waals surface area contributed by atoms with E-state index in [4.69, 9.17) is 11.0 Å². The number of nitrogens with two attached hydrogens (primary N) is 1. The van der Waals surface area contributed by atoms with Crippen molar-refractivity contribution in [3.05, 3.63) is 17.1 Å². The first-order valence-electron chi connectivity index (χ1n) is 5.40. The number of hydrogen-bond donors (Lipinski definition) is 2. The van der Waals surface area contributed by atoms with Crippen LogP contribution in [0.1, 0.15) is 32.5 Å². The fourth-order valence-corrected chi connectivity index (χ4v) is 1.83. The summed E-state index contributed by atoms with van der Waals surface area (Å²) in [6, 6.07) is 1.80. The molecule has 0 aliphatic carbocycles. The van der Waals surface area contributed by atoms with Gasteiger partial charge in [0.1, 0.15) is 17.5 Å². The first kappa shape index (κ1) is 14.3. The molecule has 1 aromatic heterocycles. The van der Waals surface area contributed by atoms with Gasteiger partial charge in [-0.3, -0.25) is 9.89 Å². The van der Waals surface area contributed by atoms with Crippen molar-refractivity contribution < 1.29 is 4.79 Å². The third kappa shape index (κ3) is 3.60. The molecule has 0 aliphatic heterocycles. The van der Waals surface area contributed by atoms with Gasteiger partial charge in [-0.15, -0.1) is 5.10 Å². The number of aromatic amines is 1. The summed E-state index contributed by atoms with van der Waals surface area (Å²) in [6.45, 7) is 5.52. The standard InChI is InChI=1S/C11H15N5OS/c1-6(2)10-14-11(16-15-10)18-5-9(17)8(4-12)7(3)13/h6H,5,13H2,1-3H3,(H,14,15,16)/b8-7+. The quantitative estimate of drug-likeness (QED) is 0.472. The predicted octanol–water partition coefficient (Wildman–Crippen LogP) is 1.35. The fourth-order valence-electron chi connectivity index (χ4n) is 1.15. The molecule has 0 amide bonds. The van der Waals surface area contributed by atoms with Crippen LogP contribution >= 0.6 is 11.8 Å².